The average molecular weight is 565 g/mol. The van der Waals surface area contributed by atoms with Crippen molar-refractivity contribution in [3.8, 4) is 17.5 Å². The molecule has 0 saturated carbocycles. The first-order valence-corrected chi connectivity index (χ1v) is 14.1. The lowest BCUT2D eigenvalue weighted by Gasteiger charge is -2.30. The van der Waals surface area contributed by atoms with Gasteiger partial charge in [-0.2, -0.15) is 4.98 Å². The highest BCUT2D eigenvalue weighted by Crippen LogP contribution is 2.35. The molecule has 0 unspecified atom stereocenters. The van der Waals surface area contributed by atoms with Gasteiger partial charge < -0.3 is 18.9 Å². The third-order valence-electron chi connectivity index (χ3n) is 6.64. The van der Waals surface area contributed by atoms with Crippen molar-refractivity contribution in [2.45, 2.75) is 65.5 Å². The van der Waals surface area contributed by atoms with Crippen molar-refractivity contribution in [1.82, 2.24) is 25.0 Å². The molecule has 2 aromatic heterocycles. The van der Waals surface area contributed by atoms with Gasteiger partial charge in [-0.05, 0) is 56.3 Å². The number of nitrogens with zero attached hydrogens (tertiary/aromatic N) is 6. The van der Waals surface area contributed by atoms with E-state index in [1.165, 1.54) is 11.2 Å². The Labute approximate surface area is 237 Å². The summed E-state index contributed by atoms with van der Waals surface area (Å²) in [4.78, 5) is 41.7. The maximum atomic E-state index is 12.6. The number of piperidine rings is 1. The van der Waals surface area contributed by atoms with Crippen LogP contribution in [0.4, 0.5) is 10.8 Å². The lowest BCUT2D eigenvalue weighted by Crippen LogP contribution is -2.38. The largest absolute Gasteiger partial charge is 0.474 e. The third-order valence-corrected chi connectivity index (χ3v) is 7.52. The molecule has 0 atom stereocenters. The van der Waals surface area contributed by atoms with Gasteiger partial charge in [0.15, 0.2) is 5.82 Å². The molecule has 0 spiro atoms. The first kappa shape index (κ1) is 27.6. The van der Waals surface area contributed by atoms with E-state index in [1.54, 1.807) is 18.2 Å². The number of hydrogen-bond acceptors (Lipinski definition) is 11. The van der Waals surface area contributed by atoms with E-state index in [0.717, 1.165) is 43.3 Å². The number of ether oxygens (including phenoxy) is 2. The molecule has 3 aromatic rings. The predicted molar refractivity (Wildman–Crippen MR) is 150 cm³/mol. The molecule has 4 heterocycles. The van der Waals surface area contributed by atoms with Gasteiger partial charge in [0.05, 0.1) is 10.5 Å². The van der Waals surface area contributed by atoms with Crippen molar-refractivity contribution in [3.63, 3.8) is 0 Å². The lowest BCUT2D eigenvalue weighted by molar-refractivity contribution is -0.123. The zero-order valence-electron chi connectivity index (χ0n) is 23.2. The molecule has 210 valence electrons. The van der Waals surface area contributed by atoms with Gasteiger partial charge in [-0.1, -0.05) is 31.1 Å². The molecule has 0 bridgehead atoms. The van der Waals surface area contributed by atoms with E-state index in [-0.39, 0.29) is 29.2 Å². The van der Waals surface area contributed by atoms with Crippen LogP contribution in [0.3, 0.4) is 0 Å². The Bertz CT molecular complexity index is 1430. The van der Waals surface area contributed by atoms with Crippen LogP contribution in [0, 0.1) is 6.92 Å². The van der Waals surface area contributed by atoms with E-state index >= 15 is 0 Å². The molecule has 1 aromatic carbocycles. The fourth-order valence-electron chi connectivity index (χ4n) is 4.41. The summed E-state index contributed by atoms with van der Waals surface area (Å²) in [6.07, 6.45) is 4.66. The first-order valence-electron chi connectivity index (χ1n) is 13.3. The van der Waals surface area contributed by atoms with Crippen LogP contribution in [0.5, 0.6) is 17.5 Å². The van der Waals surface area contributed by atoms with E-state index < -0.39 is 0 Å². The van der Waals surface area contributed by atoms with Gasteiger partial charge in [-0.3, -0.25) is 14.5 Å². The monoisotopic (exact) mass is 564 g/mol. The van der Waals surface area contributed by atoms with Crippen molar-refractivity contribution in [2.75, 3.05) is 18.0 Å². The highest BCUT2D eigenvalue weighted by Gasteiger charge is 2.36. The summed E-state index contributed by atoms with van der Waals surface area (Å²) >= 11 is 0.942. The molecule has 0 N–H and O–H groups in total. The zero-order chi connectivity index (χ0) is 28.4. The third kappa shape index (κ3) is 5.96. The van der Waals surface area contributed by atoms with Crippen LogP contribution in [0.25, 0.3) is 6.08 Å². The molecule has 2 aliphatic heterocycles. The summed E-state index contributed by atoms with van der Waals surface area (Å²) in [5, 5.41) is 3.79. The summed E-state index contributed by atoms with van der Waals surface area (Å²) in [5.74, 6) is 2.03. The SMILES string of the molecule is Cc1c(Oc2cccc(/C=C3\SC(=O)N(C(C)C)C3=O)c2)ncnc1OC1CCN(c2nc(C(C)C)no2)CC1. The minimum absolute atomic E-state index is 0.0188. The summed E-state index contributed by atoms with van der Waals surface area (Å²) in [6.45, 7) is 11.0. The Hall–Kier alpha value is -3.93. The molecule has 12 heteroatoms. The second kappa shape index (κ2) is 11.7. The molecular formula is C28H32N6O5S. The second-order valence-electron chi connectivity index (χ2n) is 10.3. The van der Waals surface area contributed by atoms with Crippen molar-refractivity contribution in [1.29, 1.82) is 0 Å². The number of hydrogen-bond donors (Lipinski definition) is 0. The molecule has 5 rings (SSSR count). The molecule has 2 fully saturated rings. The van der Waals surface area contributed by atoms with E-state index in [0.29, 0.717) is 39.8 Å². The Balaban J connectivity index is 1.23. The first-order chi connectivity index (χ1) is 19.2. The molecule has 2 saturated heterocycles. The maximum Gasteiger partial charge on any atom is 0.324 e. The van der Waals surface area contributed by atoms with E-state index in [4.69, 9.17) is 14.0 Å². The van der Waals surface area contributed by atoms with Gasteiger partial charge in [0.2, 0.25) is 11.8 Å². The smallest absolute Gasteiger partial charge is 0.324 e. The predicted octanol–water partition coefficient (Wildman–Crippen LogP) is 5.58. The van der Waals surface area contributed by atoms with Crippen LogP contribution in [0.2, 0.25) is 0 Å². The number of imide groups is 1. The quantitative estimate of drug-likeness (QED) is 0.319. The highest BCUT2D eigenvalue weighted by atomic mass is 32.2. The van der Waals surface area contributed by atoms with Crippen LogP contribution < -0.4 is 14.4 Å². The minimum Gasteiger partial charge on any atom is -0.474 e. The lowest BCUT2D eigenvalue weighted by atomic mass is 10.1. The van der Waals surface area contributed by atoms with Crippen LogP contribution in [-0.4, -0.2) is 61.4 Å². The summed E-state index contributed by atoms with van der Waals surface area (Å²) in [6, 6.07) is 7.63. The molecule has 0 radical (unpaired) electrons. The Kier molecular flexibility index (Phi) is 8.06. The van der Waals surface area contributed by atoms with Gasteiger partial charge in [0.25, 0.3) is 11.1 Å². The van der Waals surface area contributed by atoms with E-state index in [2.05, 4.69) is 25.0 Å². The summed E-state index contributed by atoms with van der Waals surface area (Å²) in [7, 11) is 0. The number of anilines is 1. The molecule has 2 aliphatic rings. The number of rotatable bonds is 8. The number of amides is 2. The van der Waals surface area contributed by atoms with E-state index in [9.17, 15) is 9.59 Å². The normalized spacial score (nSPS) is 17.5. The van der Waals surface area contributed by atoms with E-state index in [1.807, 2.05) is 46.8 Å². The van der Waals surface area contributed by atoms with Crippen molar-refractivity contribution in [2.24, 2.45) is 0 Å². The number of carbonyl (C=O) groups is 2. The zero-order valence-corrected chi connectivity index (χ0v) is 24.0. The number of carbonyl (C=O) groups excluding carboxylic acids is 2. The average Bonchev–Trinajstić information content (AvgIpc) is 3.52. The summed E-state index contributed by atoms with van der Waals surface area (Å²) < 4.78 is 17.8. The van der Waals surface area contributed by atoms with Crippen molar-refractivity contribution in [3.05, 3.63) is 52.4 Å². The Morgan fingerprint density at radius 3 is 2.52 bits per heavy atom. The topological polar surface area (TPSA) is 124 Å². The standard InChI is InChI=1S/C28H32N6O5S/c1-16(2)23-31-27(39-32-23)33-11-9-20(10-12-33)37-24-18(5)25(30-15-29-24)38-21-8-6-7-19(13-21)14-22-26(35)34(17(3)4)28(36)40-22/h6-8,13-17,20H,9-12H2,1-5H3/b22-14-. The molecule has 40 heavy (non-hydrogen) atoms. The van der Waals surface area contributed by atoms with Crippen LogP contribution >= 0.6 is 11.8 Å². The number of aromatic nitrogens is 4. The Morgan fingerprint density at radius 1 is 1.10 bits per heavy atom. The van der Waals surface area contributed by atoms with Gasteiger partial charge >= 0.3 is 6.01 Å². The molecular weight excluding hydrogens is 532 g/mol. The number of benzene rings is 1. The molecule has 2 amide bonds. The fraction of sp³-hybridized carbons (Fsp3) is 0.429. The minimum atomic E-state index is -0.284. The van der Waals surface area contributed by atoms with Gasteiger partial charge in [-0.15, -0.1) is 0 Å². The van der Waals surface area contributed by atoms with Crippen LogP contribution in [0.15, 0.2) is 40.0 Å². The van der Waals surface area contributed by atoms with Gasteiger partial charge in [0, 0.05) is 37.9 Å². The van der Waals surface area contributed by atoms with Crippen molar-refractivity contribution < 1.29 is 23.6 Å². The summed E-state index contributed by atoms with van der Waals surface area (Å²) in [5.41, 5.74) is 1.43. The second-order valence-corrected chi connectivity index (χ2v) is 11.3. The molecule has 0 aliphatic carbocycles. The number of thioether (sulfide) groups is 1. The Morgan fingerprint density at radius 2 is 1.85 bits per heavy atom. The molecule has 11 nitrogen and oxygen atoms in total. The highest BCUT2D eigenvalue weighted by molar-refractivity contribution is 8.18. The maximum absolute atomic E-state index is 12.6. The van der Waals surface area contributed by atoms with Crippen molar-refractivity contribution >= 4 is 35.0 Å². The van der Waals surface area contributed by atoms with Crippen LogP contribution in [0.1, 0.15) is 63.4 Å². The van der Waals surface area contributed by atoms with Gasteiger partial charge in [-0.25, -0.2) is 9.97 Å². The fourth-order valence-corrected chi connectivity index (χ4v) is 5.37. The van der Waals surface area contributed by atoms with Crippen LogP contribution in [-0.2, 0) is 4.79 Å². The van der Waals surface area contributed by atoms with Gasteiger partial charge in [0.1, 0.15) is 18.2 Å².